The molecule has 14 unspecified atom stereocenters. The molecule has 3 rings (SSSR count). The van der Waals surface area contributed by atoms with Crippen molar-refractivity contribution in [2.45, 2.75) is 111 Å². The van der Waals surface area contributed by atoms with Crippen LogP contribution in [0.1, 0.15) is 25.7 Å². The Balaban J connectivity index is 1.82. The molecule has 2 aliphatic heterocycles. The number of rotatable bonds is 10. The maximum absolute atomic E-state index is 12.6. The van der Waals surface area contributed by atoms with Gasteiger partial charge in [-0.3, -0.25) is 4.79 Å². The summed E-state index contributed by atoms with van der Waals surface area (Å²) in [5.41, 5.74) is 23.7. The fraction of sp³-hybridized carbons (Fsp3) is 0.955. The second-order valence-electron chi connectivity index (χ2n) is 10.1. The summed E-state index contributed by atoms with van der Waals surface area (Å²) < 4.78 is 23.1. The number of ether oxygens (including phenoxy) is 4. The van der Waals surface area contributed by atoms with Crippen molar-refractivity contribution in [2.24, 2.45) is 22.9 Å². The first-order valence-electron chi connectivity index (χ1n) is 12.8. The second kappa shape index (κ2) is 14.0. The van der Waals surface area contributed by atoms with Crippen LogP contribution in [-0.4, -0.2) is 142 Å². The molecule has 0 spiro atoms. The lowest BCUT2D eigenvalue weighted by atomic mass is 9.83. The maximum atomic E-state index is 12.6. The molecular weight excluding hydrogens is 510 g/mol. The summed E-state index contributed by atoms with van der Waals surface area (Å²) in [7, 11) is 0. The molecule has 222 valence electrons. The van der Waals surface area contributed by atoms with E-state index < -0.39 is 98.1 Å². The Morgan fingerprint density at radius 2 is 1.61 bits per heavy atom. The molecular formula is C22H43N5O11. The van der Waals surface area contributed by atoms with Crippen molar-refractivity contribution in [3.63, 3.8) is 0 Å². The van der Waals surface area contributed by atoms with Crippen LogP contribution in [-0.2, 0) is 23.7 Å². The zero-order valence-corrected chi connectivity index (χ0v) is 21.1. The number of nitrogens with two attached hydrogens (primary N) is 4. The lowest BCUT2D eigenvalue weighted by Crippen LogP contribution is -2.69. The van der Waals surface area contributed by atoms with E-state index in [1.54, 1.807) is 0 Å². The average molecular weight is 554 g/mol. The van der Waals surface area contributed by atoms with Gasteiger partial charge in [-0.25, -0.2) is 0 Å². The monoisotopic (exact) mass is 553 g/mol. The Labute approximate surface area is 220 Å². The highest BCUT2D eigenvalue weighted by molar-refractivity contribution is 5.80. The zero-order valence-electron chi connectivity index (χ0n) is 21.1. The molecule has 0 radical (unpaired) electrons. The third kappa shape index (κ3) is 7.15. The van der Waals surface area contributed by atoms with E-state index >= 15 is 0 Å². The van der Waals surface area contributed by atoms with Gasteiger partial charge in [-0.15, -0.1) is 0 Å². The smallest absolute Gasteiger partial charge is 0.249 e. The van der Waals surface area contributed by atoms with Crippen molar-refractivity contribution in [2.75, 3.05) is 19.8 Å². The van der Waals surface area contributed by atoms with E-state index in [9.17, 15) is 35.4 Å². The predicted molar refractivity (Wildman–Crippen MR) is 129 cm³/mol. The number of carbonyl (C=O) groups is 1. The molecule has 0 aromatic rings. The Bertz CT molecular complexity index is 754. The number of hydrogen-bond acceptors (Lipinski definition) is 15. The van der Waals surface area contributed by atoms with Gasteiger partial charge < -0.3 is 77.8 Å². The SMILES string of the molecule is NCCC(O)C(=O)NC1CC(N)C(OC2OC(CO)CCC2N)C(O)C1OC1OC(CO)C(O)C(N)C1O. The standard InChI is InChI=1S/C22H43N5O11/c23-4-3-12(30)20(34)27-11-5-10(25)18(37-21-9(24)2-1-8(6-28)35-21)17(33)19(11)38-22-16(32)14(26)15(31)13(7-29)36-22/h8-19,21-22,28-33H,1-7,23-26H2,(H,27,34). The highest BCUT2D eigenvalue weighted by Crippen LogP contribution is 2.31. The summed E-state index contributed by atoms with van der Waals surface area (Å²) in [5, 5.41) is 63.7. The quantitative estimate of drug-likeness (QED) is 0.120. The topological polar surface area (TPSA) is 291 Å². The molecule has 16 nitrogen and oxygen atoms in total. The van der Waals surface area contributed by atoms with Gasteiger partial charge in [0, 0.05) is 6.04 Å². The lowest BCUT2D eigenvalue weighted by Gasteiger charge is -2.48. The first-order valence-corrected chi connectivity index (χ1v) is 12.8. The summed E-state index contributed by atoms with van der Waals surface area (Å²) in [6.45, 7) is -0.815. The van der Waals surface area contributed by atoms with E-state index in [2.05, 4.69) is 5.32 Å². The first kappa shape index (κ1) is 31.4. The predicted octanol–water partition coefficient (Wildman–Crippen LogP) is -6.37. The van der Waals surface area contributed by atoms with Crippen LogP contribution >= 0.6 is 0 Å². The molecule has 0 aromatic carbocycles. The van der Waals surface area contributed by atoms with Gasteiger partial charge in [-0.1, -0.05) is 0 Å². The largest absolute Gasteiger partial charge is 0.394 e. The molecule has 14 atom stereocenters. The Morgan fingerprint density at radius 3 is 2.24 bits per heavy atom. The number of amides is 1. The molecule has 3 fully saturated rings. The first-order chi connectivity index (χ1) is 18.0. The molecule has 16 heteroatoms. The van der Waals surface area contributed by atoms with Crippen LogP contribution in [0.25, 0.3) is 0 Å². The fourth-order valence-corrected chi connectivity index (χ4v) is 4.98. The van der Waals surface area contributed by atoms with Gasteiger partial charge in [-0.05, 0) is 32.2 Å². The Hall–Kier alpha value is -1.09. The van der Waals surface area contributed by atoms with Crippen molar-refractivity contribution in [1.29, 1.82) is 0 Å². The van der Waals surface area contributed by atoms with Crippen molar-refractivity contribution >= 4 is 5.91 Å². The molecule has 1 saturated carbocycles. The van der Waals surface area contributed by atoms with Gasteiger partial charge in [-0.2, -0.15) is 0 Å². The molecule has 2 saturated heterocycles. The Kier molecular flexibility index (Phi) is 11.6. The van der Waals surface area contributed by atoms with Crippen LogP contribution in [0.2, 0.25) is 0 Å². The van der Waals surface area contributed by atoms with Gasteiger partial charge in [0.25, 0.3) is 0 Å². The van der Waals surface area contributed by atoms with Gasteiger partial charge in [0.15, 0.2) is 12.6 Å². The fourth-order valence-electron chi connectivity index (χ4n) is 4.98. The van der Waals surface area contributed by atoms with Crippen molar-refractivity contribution in [1.82, 2.24) is 5.32 Å². The van der Waals surface area contributed by atoms with Crippen LogP contribution < -0.4 is 28.3 Å². The van der Waals surface area contributed by atoms with E-state index in [4.69, 9.17) is 41.9 Å². The number of aliphatic hydroxyl groups is 6. The summed E-state index contributed by atoms with van der Waals surface area (Å²) >= 11 is 0. The number of nitrogens with one attached hydrogen (secondary N) is 1. The van der Waals surface area contributed by atoms with Gasteiger partial charge >= 0.3 is 0 Å². The molecule has 15 N–H and O–H groups in total. The van der Waals surface area contributed by atoms with E-state index in [0.717, 1.165) is 0 Å². The van der Waals surface area contributed by atoms with Crippen LogP contribution in [0.15, 0.2) is 0 Å². The van der Waals surface area contributed by atoms with Gasteiger partial charge in [0.1, 0.15) is 42.7 Å². The summed E-state index contributed by atoms with van der Waals surface area (Å²) in [6.07, 6.45) is -11.5. The molecule has 0 bridgehead atoms. The highest BCUT2D eigenvalue weighted by atomic mass is 16.7. The maximum Gasteiger partial charge on any atom is 0.249 e. The number of hydrogen-bond donors (Lipinski definition) is 11. The van der Waals surface area contributed by atoms with Crippen molar-refractivity contribution in [3.05, 3.63) is 0 Å². The molecule has 3 aliphatic rings. The minimum atomic E-state index is -1.56. The number of aliphatic hydroxyl groups excluding tert-OH is 6. The minimum absolute atomic E-state index is 0.000211. The minimum Gasteiger partial charge on any atom is -0.394 e. The zero-order chi connectivity index (χ0) is 28.1. The normalized spacial score (nSPS) is 44.9. The van der Waals surface area contributed by atoms with Crippen LogP contribution in [0.3, 0.4) is 0 Å². The molecule has 0 aromatic heterocycles. The second-order valence-corrected chi connectivity index (χ2v) is 10.1. The summed E-state index contributed by atoms with van der Waals surface area (Å²) in [4.78, 5) is 12.6. The van der Waals surface area contributed by atoms with E-state index in [0.29, 0.717) is 12.8 Å². The third-order valence-corrected chi connectivity index (χ3v) is 7.31. The van der Waals surface area contributed by atoms with Crippen molar-refractivity contribution < 1.29 is 54.4 Å². The van der Waals surface area contributed by atoms with E-state index in [-0.39, 0.29) is 26.0 Å². The third-order valence-electron chi connectivity index (χ3n) is 7.31. The summed E-state index contributed by atoms with van der Waals surface area (Å²) in [5.74, 6) is -0.776. The number of carbonyl (C=O) groups excluding carboxylic acids is 1. The van der Waals surface area contributed by atoms with E-state index in [1.165, 1.54) is 0 Å². The lowest BCUT2D eigenvalue weighted by molar-refractivity contribution is -0.314. The molecule has 1 amide bonds. The highest BCUT2D eigenvalue weighted by Gasteiger charge is 2.51. The molecule has 1 aliphatic carbocycles. The molecule has 38 heavy (non-hydrogen) atoms. The summed E-state index contributed by atoms with van der Waals surface area (Å²) in [6, 6.07) is -3.66. The molecule has 2 heterocycles. The van der Waals surface area contributed by atoms with Crippen LogP contribution in [0.5, 0.6) is 0 Å². The van der Waals surface area contributed by atoms with Crippen LogP contribution in [0.4, 0.5) is 0 Å². The van der Waals surface area contributed by atoms with Crippen LogP contribution in [0, 0.1) is 0 Å². The van der Waals surface area contributed by atoms with Gasteiger partial charge in [0.05, 0.1) is 37.4 Å². The average Bonchev–Trinajstić information content (AvgIpc) is 2.89. The Morgan fingerprint density at radius 1 is 0.921 bits per heavy atom. The van der Waals surface area contributed by atoms with Gasteiger partial charge in [0.2, 0.25) is 5.91 Å². The van der Waals surface area contributed by atoms with E-state index in [1.807, 2.05) is 0 Å². The van der Waals surface area contributed by atoms with Crippen molar-refractivity contribution in [3.8, 4) is 0 Å².